The van der Waals surface area contributed by atoms with Crippen molar-refractivity contribution in [2.75, 3.05) is 44.2 Å². The van der Waals surface area contributed by atoms with E-state index in [1.54, 1.807) is 6.07 Å². The van der Waals surface area contributed by atoms with Crippen molar-refractivity contribution in [3.05, 3.63) is 249 Å². The Hall–Kier alpha value is -12.7. The molecular weight excluding hydrogens is 1820 g/mol. The minimum absolute atomic E-state index is 0.0201. The number of benzene rings is 8. The summed E-state index contributed by atoms with van der Waals surface area (Å²) in [6, 6.07) is 41.7. The van der Waals surface area contributed by atoms with E-state index in [1.807, 2.05) is 62.4 Å². The predicted octanol–water partition coefficient (Wildman–Crippen LogP) is 6.83. The Labute approximate surface area is 703 Å². The standard InChI is InChI=1S/C17H16ClN5O3S.C17H16FN5O3S.C16H14ClN5O6S2.C16H14FN5O6S2.2O3S/c2*1-10-2-4-11(5-3-10)8-15-21-16(18)23-17(22-15)20-12-6-7-14(13(19)9-12)27(24,25)26;2*17-15-20-14(7-9-3-1-2-4-12(9)29(23,24)25)21-16(22-15)19-10-5-6-13(11(18)8-10)30(26,27)28;2*1-4(2)3/h2*2-7,9H,8,19H2,1H3,(H,24,25,26)(H,20,21,22,23);2*1-6,8H,7,18H2,(H,23,24,25)(H,26,27,28)(H,19,20,21,22);;. The number of anilines is 12. The number of rotatable bonds is 22. The minimum Gasteiger partial charge on any atom is -0.398 e. The monoisotopic (exact) mass is 1880 g/mol. The summed E-state index contributed by atoms with van der Waals surface area (Å²) < 4.78 is 269. The zero-order chi connectivity index (χ0) is 90.6. The number of nitrogens with zero attached hydrogens (tertiary/aromatic N) is 12. The van der Waals surface area contributed by atoms with Crippen LogP contribution < -0.4 is 44.2 Å². The van der Waals surface area contributed by atoms with Crippen LogP contribution in [0.4, 0.5) is 78.1 Å². The van der Waals surface area contributed by atoms with E-state index in [0.717, 1.165) is 46.5 Å². The van der Waals surface area contributed by atoms with Crippen LogP contribution in [0.15, 0.2) is 199 Å². The van der Waals surface area contributed by atoms with Gasteiger partial charge in [-0.1, -0.05) is 96.1 Å². The molecule has 0 spiro atoms. The predicted molar refractivity (Wildman–Crippen MR) is 431 cm³/mol. The van der Waals surface area contributed by atoms with Gasteiger partial charge in [-0.15, -0.1) is 25.3 Å². The van der Waals surface area contributed by atoms with Crippen molar-refractivity contribution in [3.8, 4) is 0 Å². The first-order chi connectivity index (χ1) is 56.7. The first kappa shape index (κ1) is 96.5. The topological polar surface area (TPSA) is 736 Å². The molecule has 0 radical (unpaired) electrons. The number of nitrogens with two attached hydrogens (primary N) is 4. The van der Waals surface area contributed by atoms with Gasteiger partial charge in [0, 0.05) is 48.4 Å². The molecule has 12 rings (SSSR count). The van der Waals surface area contributed by atoms with Gasteiger partial charge in [0.15, 0.2) is 0 Å². The van der Waals surface area contributed by atoms with Crippen LogP contribution in [-0.2, 0) is 108 Å². The van der Waals surface area contributed by atoms with E-state index in [0.29, 0.717) is 35.7 Å². The lowest BCUT2D eigenvalue weighted by molar-refractivity contribution is 0.480. The number of hydrogen-bond donors (Lipinski definition) is 14. The molecular formula is C66H60Cl2F2N20O24S8. The molecule has 0 aliphatic rings. The number of nitrogen functional groups attached to an aromatic ring is 4. The van der Waals surface area contributed by atoms with Crippen LogP contribution in [0.3, 0.4) is 0 Å². The van der Waals surface area contributed by atoms with Gasteiger partial charge in [0.25, 0.3) is 60.7 Å². The Morgan fingerprint density at radius 1 is 0.311 bits per heavy atom. The maximum absolute atomic E-state index is 13.9. The molecule has 0 aliphatic heterocycles. The Bertz CT molecular complexity index is 6490. The molecule has 4 heterocycles. The summed E-state index contributed by atoms with van der Waals surface area (Å²) in [5.41, 5.74) is 27.6. The largest absolute Gasteiger partial charge is 0.425 e. The Morgan fingerprint density at radius 2 is 0.541 bits per heavy atom. The van der Waals surface area contributed by atoms with E-state index in [4.69, 9.17) is 89.6 Å². The number of nitrogens with one attached hydrogen (secondary N) is 4. The fourth-order valence-corrected chi connectivity index (χ4v) is 14.2. The summed E-state index contributed by atoms with van der Waals surface area (Å²) in [4.78, 5) is 44.4. The molecule has 0 aliphatic carbocycles. The van der Waals surface area contributed by atoms with Gasteiger partial charge in [-0.05, 0) is 144 Å². The van der Waals surface area contributed by atoms with E-state index in [1.165, 1.54) is 91.0 Å². The third-order valence-corrected chi connectivity index (χ3v) is 20.9. The summed E-state index contributed by atoms with van der Waals surface area (Å²) in [7, 11) is -33.0. The normalized spacial score (nSPS) is 11.3. The molecule has 0 fully saturated rings. The van der Waals surface area contributed by atoms with Gasteiger partial charge in [-0.25, -0.2) is 9.97 Å². The maximum Gasteiger partial charge on any atom is 0.425 e. The van der Waals surface area contributed by atoms with Gasteiger partial charge in [0.05, 0.1) is 32.5 Å². The summed E-state index contributed by atoms with van der Waals surface area (Å²) in [6.07, 6.45) is -1.62. The van der Waals surface area contributed by atoms with Crippen LogP contribution in [0.5, 0.6) is 0 Å². The SMILES string of the molecule is Cc1ccc(Cc2nc(Cl)nc(Nc3ccc(S(=O)(=O)O)c(N)c3)n2)cc1.Cc1ccc(Cc2nc(F)nc(Nc3ccc(S(=O)(=O)O)c(N)c3)n2)cc1.Nc1cc(Nc2nc(Cl)nc(Cc3ccccc3S(=O)(=O)O)n2)ccc1S(=O)(=O)O.Nc1cc(Nc2nc(F)nc(Cc3ccccc3S(=O)(=O)O)n2)ccc1S(=O)(=O)O.O=S(=O)=O.O=S(=O)=O. The van der Waals surface area contributed by atoms with Gasteiger partial charge < -0.3 is 44.2 Å². The van der Waals surface area contributed by atoms with Gasteiger partial charge in [0.2, 0.25) is 34.4 Å². The highest BCUT2D eigenvalue weighted by Crippen LogP contribution is 2.30. The van der Waals surface area contributed by atoms with E-state index >= 15 is 0 Å². The highest BCUT2D eigenvalue weighted by molar-refractivity contribution is 7.87. The van der Waals surface area contributed by atoms with Crippen molar-refractivity contribution in [1.82, 2.24) is 59.8 Å². The molecule has 0 saturated carbocycles. The second-order valence-electron chi connectivity index (χ2n) is 24.0. The third kappa shape index (κ3) is 31.2. The summed E-state index contributed by atoms with van der Waals surface area (Å²) >= 11 is 11.9. The molecule has 12 aromatic rings. The highest BCUT2D eigenvalue weighted by Gasteiger charge is 2.23. The van der Waals surface area contributed by atoms with Crippen molar-refractivity contribution in [2.45, 2.75) is 68.9 Å². The smallest absolute Gasteiger partial charge is 0.398 e. The van der Waals surface area contributed by atoms with Gasteiger partial charge in [-0.3, -0.25) is 27.3 Å². The van der Waals surface area contributed by atoms with Crippen LogP contribution in [0.1, 0.15) is 56.7 Å². The first-order valence-corrected chi connectivity index (χ1v) is 44.1. The number of hydrogen-bond acceptors (Lipinski definition) is 38. The molecule has 56 heteroatoms. The zero-order valence-corrected chi connectivity index (χ0v) is 69.5. The fraction of sp³-hybridized carbons (Fsp3) is 0.0909. The molecule has 122 heavy (non-hydrogen) atoms. The molecule has 8 aromatic carbocycles. The van der Waals surface area contributed by atoms with Crippen LogP contribution in [0.2, 0.25) is 10.6 Å². The van der Waals surface area contributed by atoms with Gasteiger partial charge in [0.1, 0.15) is 42.9 Å². The van der Waals surface area contributed by atoms with Crippen molar-refractivity contribution >= 4 is 174 Å². The second kappa shape index (κ2) is 41.5. The van der Waals surface area contributed by atoms with Crippen LogP contribution >= 0.6 is 23.2 Å². The van der Waals surface area contributed by atoms with Crippen LogP contribution in [0, 0.1) is 26.0 Å². The average Bonchev–Trinajstić information content (AvgIpc) is 0.818. The number of aryl methyl sites for hydroxylation is 2. The van der Waals surface area contributed by atoms with E-state index in [2.05, 4.69) is 81.1 Å². The third-order valence-electron chi connectivity index (χ3n) is 15.0. The van der Waals surface area contributed by atoms with Crippen LogP contribution in [0.25, 0.3) is 0 Å². The number of aromatic nitrogens is 12. The Morgan fingerprint density at radius 3 is 0.795 bits per heavy atom. The molecule has 0 unspecified atom stereocenters. The van der Waals surface area contributed by atoms with Gasteiger partial charge >= 0.3 is 33.4 Å². The number of halogens is 4. The minimum atomic E-state index is -4.51. The van der Waals surface area contributed by atoms with E-state index in [9.17, 15) is 68.4 Å². The molecule has 644 valence electrons. The molecule has 44 nitrogen and oxygen atoms in total. The van der Waals surface area contributed by atoms with Crippen LogP contribution in [-0.4, -0.2) is 163 Å². The van der Waals surface area contributed by atoms with Crippen molar-refractivity contribution in [3.63, 3.8) is 0 Å². The molecule has 0 saturated heterocycles. The Balaban J connectivity index is 0.000000217. The summed E-state index contributed by atoms with van der Waals surface area (Å²) in [5, 5.41) is 10.9. The molecule has 18 N–H and O–H groups in total. The molecule has 0 atom stereocenters. The lowest BCUT2D eigenvalue weighted by atomic mass is 10.1. The molecule has 0 amide bonds. The van der Waals surface area contributed by atoms with Gasteiger partial charge in [-0.2, -0.15) is 109 Å². The zero-order valence-electron chi connectivity index (χ0n) is 61.5. The maximum atomic E-state index is 13.9. The fourth-order valence-electron chi connectivity index (χ4n) is 9.99. The quantitative estimate of drug-likeness (QED) is 0.0244. The van der Waals surface area contributed by atoms with Crippen molar-refractivity contribution in [1.29, 1.82) is 0 Å². The molecule has 0 bridgehead atoms. The Kier molecular flexibility index (Phi) is 32.9. The molecule has 4 aromatic heterocycles. The summed E-state index contributed by atoms with van der Waals surface area (Å²) in [5.74, 6) is 0.536. The van der Waals surface area contributed by atoms with E-state index < -0.39 is 109 Å². The average molecular weight is 1880 g/mol. The van der Waals surface area contributed by atoms with Crippen molar-refractivity contribution < 1.29 is 112 Å². The first-order valence-electron chi connectivity index (χ1n) is 32.7. The van der Waals surface area contributed by atoms with E-state index in [-0.39, 0.29) is 119 Å². The summed E-state index contributed by atoms with van der Waals surface area (Å²) in [6.45, 7) is 3.97. The lowest BCUT2D eigenvalue weighted by Crippen LogP contribution is -2.09. The van der Waals surface area contributed by atoms with Crippen molar-refractivity contribution in [2.24, 2.45) is 0 Å². The lowest BCUT2D eigenvalue weighted by Gasteiger charge is -2.10. The highest BCUT2D eigenvalue weighted by atomic mass is 35.5. The second-order valence-corrected chi connectivity index (χ2v) is 33.9.